The molecule has 1 fully saturated rings. The lowest BCUT2D eigenvalue weighted by molar-refractivity contribution is -0.133. The van der Waals surface area contributed by atoms with Crippen LogP contribution in [0, 0.1) is 0 Å². The Hall–Kier alpha value is -3.09. The van der Waals surface area contributed by atoms with Crippen LogP contribution in [0.15, 0.2) is 58.0 Å². The molecule has 1 aromatic carbocycles. The van der Waals surface area contributed by atoms with Gasteiger partial charge in [0.25, 0.3) is 0 Å². The van der Waals surface area contributed by atoms with Crippen LogP contribution in [0.3, 0.4) is 0 Å². The number of ether oxygens (including phenoxy) is 1. The van der Waals surface area contributed by atoms with Gasteiger partial charge in [-0.2, -0.15) is 0 Å². The second kappa shape index (κ2) is 7.03. The highest BCUT2D eigenvalue weighted by molar-refractivity contribution is 5.79. The average Bonchev–Trinajstić information content (AvgIpc) is 2.98. The summed E-state index contributed by atoms with van der Waals surface area (Å²) in [6.45, 7) is 1.20. The van der Waals surface area contributed by atoms with Crippen LogP contribution >= 0.6 is 0 Å². The summed E-state index contributed by atoms with van der Waals surface area (Å²) in [5, 5.41) is 0. The topological polar surface area (TPSA) is 77.6 Å². The van der Waals surface area contributed by atoms with Gasteiger partial charge in [-0.25, -0.2) is 4.79 Å². The number of carbonyl (C=O) groups excluding carboxylic acids is 1. The Morgan fingerprint density at radius 2 is 2.00 bits per heavy atom. The first-order valence-electron chi connectivity index (χ1n) is 8.63. The lowest BCUT2D eigenvalue weighted by Crippen LogP contribution is -2.43. The van der Waals surface area contributed by atoms with Gasteiger partial charge in [-0.3, -0.25) is 14.3 Å². The van der Waals surface area contributed by atoms with Gasteiger partial charge in [0.15, 0.2) is 5.58 Å². The van der Waals surface area contributed by atoms with Crippen LogP contribution in [0.25, 0.3) is 11.1 Å². The Morgan fingerprint density at radius 1 is 1.19 bits per heavy atom. The van der Waals surface area contributed by atoms with Crippen LogP contribution in [0.4, 0.5) is 0 Å². The lowest BCUT2D eigenvalue weighted by Gasteiger charge is -2.32. The van der Waals surface area contributed by atoms with Gasteiger partial charge in [0, 0.05) is 32.1 Å². The van der Waals surface area contributed by atoms with Gasteiger partial charge in [-0.05, 0) is 24.3 Å². The van der Waals surface area contributed by atoms with Crippen molar-refractivity contribution in [3.05, 3.63) is 59.3 Å². The predicted octanol–water partition coefficient (Wildman–Crippen LogP) is 2.06. The molecule has 0 unspecified atom stereocenters. The minimum atomic E-state index is -0.505. The van der Waals surface area contributed by atoms with E-state index in [0.29, 0.717) is 24.2 Å². The van der Waals surface area contributed by atoms with Crippen LogP contribution in [0.5, 0.6) is 5.75 Å². The molecule has 1 saturated heterocycles. The number of nitrogens with zero attached hydrogens (tertiary/aromatic N) is 3. The zero-order chi connectivity index (χ0) is 17.9. The summed E-state index contributed by atoms with van der Waals surface area (Å²) in [5.41, 5.74) is 1.13. The van der Waals surface area contributed by atoms with Crippen LogP contribution in [-0.2, 0) is 11.3 Å². The number of benzene rings is 1. The van der Waals surface area contributed by atoms with Crippen molar-refractivity contribution in [1.29, 1.82) is 0 Å². The molecule has 2 aromatic heterocycles. The smallest absolute Gasteiger partial charge is 0.420 e. The number of amides is 1. The van der Waals surface area contributed by atoms with Crippen molar-refractivity contribution in [2.45, 2.75) is 25.5 Å². The fourth-order valence-corrected chi connectivity index (χ4v) is 3.23. The molecule has 3 heterocycles. The van der Waals surface area contributed by atoms with E-state index in [1.165, 1.54) is 4.57 Å². The first-order chi connectivity index (χ1) is 12.7. The lowest BCUT2D eigenvalue weighted by atomic mass is 10.1. The third-order valence-corrected chi connectivity index (χ3v) is 4.60. The summed E-state index contributed by atoms with van der Waals surface area (Å²) in [7, 11) is 0. The minimum absolute atomic E-state index is 0.00994. The minimum Gasteiger partial charge on any atom is -0.489 e. The van der Waals surface area contributed by atoms with Crippen LogP contribution in [0.1, 0.15) is 12.8 Å². The van der Waals surface area contributed by atoms with E-state index < -0.39 is 5.76 Å². The highest BCUT2D eigenvalue weighted by Gasteiger charge is 2.25. The summed E-state index contributed by atoms with van der Waals surface area (Å²) in [4.78, 5) is 30.4. The maximum absolute atomic E-state index is 12.6. The van der Waals surface area contributed by atoms with Crippen LogP contribution in [-0.4, -0.2) is 39.6 Å². The Bertz CT molecular complexity index is 956. The van der Waals surface area contributed by atoms with E-state index in [2.05, 4.69) is 4.98 Å². The van der Waals surface area contributed by atoms with Crippen LogP contribution < -0.4 is 10.5 Å². The van der Waals surface area contributed by atoms with Crippen molar-refractivity contribution < 1.29 is 13.9 Å². The van der Waals surface area contributed by atoms with Crippen molar-refractivity contribution in [3.63, 3.8) is 0 Å². The number of oxazole rings is 1. The molecule has 1 aliphatic rings. The normalized spacial score (nSPS) is 15.3. The van der Waals surface area contributed by atoms with Gasteiger partial charge in [0.1, 0.15) is 18.4 Å². The molecule has 7 nitrogen and oxygen atoms in total. The van der Waals surface area contributed by atoms with Crippen molar-refractivity contribution in [2.75, 3.05) is 13.1 Å². The molecule has 0 aliphatic carbocycles. The monoisotopic (exact) mass is 353 g/mol. The van der Waals surface area contributed by atoms with Gasteiger partial charge in [0.2, 0.25) is 5.91 Å². The van der Waals surface area contributed by atoms with Gasteiger partial charge >= 0.3 is 5.76 Å². The molecule has 0 bridgehead atoms. The second-order valence-corrected chi connectivity index (χ2v) is 6.31. The van der Waals surface area contributed by atoms with E-state index in [9.17, 15) is 9.59 Å². The zero-order valence-corrected chi connectivity index (χ0v) is 14.2. The van der Waals surface area contributed by atoms with Crippen molar-refractivity contribution in [1.82, 2.24) is 14.5 Å². The van der Waals surface area contributed by atoms with E-state index in [0.717, 1.165) is 18.6 Å². The molecule has 134 valence electrons. The van der Waals surface area contributed by atoms with Crippen LogP contribution in [0.2, 0.25) is 0 Å². The SMILES string of the molecule is O=C(Cn1c(=O)oc2ccccc21)N1CCC(Oc2cccnc2)CC1. The van der Waals surface area contributed by atoms with E-state index in [1.807, 2.05) is 18.2 Å². The predicted molar refractivity (Wildman–Crippen MR) is 94.9 cm³/mol. The standard InChI is InChI=1S/C19H19N3O4/c23-18(13-22-16-5-1-2-6-17(16)26-19(22)24)21-10-7-14(8-11-21)25-15-4-3-9-20-12-15/h1-6,9,12,14H,7-8,10-11,13H2. The molecule has 0 spiro atoms. The molecule has 0 atom stereocenters. The molecule has 26 heavy (non-hydrogen) atoms. The maximum Gasteiger partial charge on any atom is 0.420 e. The van der Waals surface area contributed by atoms with E-state index in [-0.39, 0.29) is 18.6 Å². The molecule has 0 N–H and O–H groups in total. The highest BCUT2D eigenvalue weighted by Crippen LogP contribution is 2.19. The van der Waals surface area contributed by atoms with Crippen molar-refractivity contribution >= 4 is 17.0 Å². The molecule has 1 amide bonds. The summed E-state index contributed by atoms with van der Waals surface area (Å²) < 4.78 is 12.5. The number of pyridine rings is 1. The summed E-state index contributed by atoms with van der Waals surface area (Å²) in [5.74, 6) is 0.154. The average molecular weight is 353 g/mol. The fraction of sp³-hybridized carbons (Fsp3) is 0.316. The third-order valence-electron chi connectivity index (χ3n) is 4.60. The quantitative estimate of drug-likeness (QED) is 0.717. The van der Waals surface area contributed by atoms with Gasteiger partial charge in [-0.15, -0.1) is 0 Å². The Labute approximate surface area is 149 Å². The van der Waals surface area contributed by atoms with Gasteiger partial charge in [-0.1, -0.05) is 12.1 Å². The first kappa shape index (κ1) is 16.4. The largest absolute Gasteiger partial charge is 0.489 e. The van der Waals surface area contributed by atoms with Crippen molar-refractivity contribution in [2.24, 2.45) is 0 Å². The van der Waals surface area contributed by atoms with Crippen molar-refractivity contribution in [3.8, 4) is 5.75 Å². The third kappa shape index (κ3) is 3.33. The summed E-state index contributed by atoms with van der Waals surface area (Å²) in [6.07, 6.45) is 4.97. The van der Waals surface area contributed by atoms with E-state index in [1.54, 1.807) is 35.5 Å². The number of carbonyl (C=O) groups is 1. The number of aromatic nitrogens is 2. The first-order valence-corrected chi connectivity index (χ1v) is 8.63. The number of piperidine rings is 1. The number of fused-ring (bicyclic) bond motifs is 1. The van der Waals surface area contributed by atoms with Gasteiger partial charge in [0.05, 0.1) is 11.7 Å². The molecule has 4 rings (SSSR count). The molecule has 0 saturated carbocycles. The Kier molecular flexibility index (Phi) is 4.43. The van der Waals surface area contributed by atoms with E-state index in [4.69, 9.17) is 9.15 Å². The molecular formula is C19H19N3O4. The fourth-order valence-electron chi connectivity index (χ4n) is 3.23. The summed E-state index contributed by atoms with van der Waals surface area (Å²) >= 11 is 0. The van der Waals surface area contributed by atoms with Gasteiger partial charge < -0.3 is 14.1 Å². The molecule has 0 radical (unpaired) electrons. The number of hydrogen-bond acceptors (Lipinski definition) is 5. The zero-order valence-electron chi connectivity index (χ0n) is 14.2. The Morgan fingerprint density at radius 3 is 2.77 bits per heavy atom. The number of hydrogen-bond donors (Lipinski definition) is 0. The molecule has 7 heteroatoms. The highest BCUT2D eigenvalue weighted by atomic mass is 16.5. The molecule has 1 aliphatic heterocycles. The number of rotatable bonds is 4. The number of para-hydroxylation sites is 2. The second-order valence-electron chi connectivity index (χ2n) is 6.31. The summed E-state index contributed by atoms with van der Waals surface area (Å²) in [6, 6.07) is 10.8. The molecule has 3 aromatic rings. The number of likely N-dealkylation sites (tertiary alicyclic amines) is 1. The Balaban J connectivity index is 1.38. The molecular weight excluding hydrogens is 334 g/mol. The maximum atomic E-state index is 12.6. The van der Waals surface area contributed by atoms with E-state index >= 15 is 0 Å².